The van der Waals surface area contributed by atoms with Crippen molar-refractivity contribution in [3.8, 4) is 11.3 Å². The van der Waals surface area contributed by atoms with Crippen molar-refractivity contribution in [2.24, 2.45) is 5.10 Å². The monoisotopic (exact) mass is 371 g/mol. The molecular weight excluding hydrogens is 354 g/mol. The van der Waals surface area contributed by atoms with E-state index in [0.29, 0.717) is 0 Å². The van der Waals surface area contributed by atoms with Crippen LogP contribution in [0.5, 0.6) is 0 Å². The SMILES string of the molecule is O=C(Cc1nc(-c2ccccc2)cs1)N/N=C\c1ccc2ccccc2c1. The fourth-order valence-corrected chi connectivity index (χ4v) is 3.58. The molecule has 4 nitrogen and oxygen atoms in total. The predicted octanol–water partition coefficient (Wildman–Crippen LogP) is 4.66. The van der Waals surface area contributed by atoms with Gasteiger partial charge in [-0.2, -0.15) is 5.10 Å². The molecular formula is C22H17N3OS. The molecule has 0 saturated carbocycles. The van der Waals surface area contributed by atoms with Crippen molar-refractivity contribution in [2.45, 2.75) is 6.42 Å². The summed E-state index contributed by atoms with van der Waals surface area (Å²) in [6, 6.07) is 24.1. The summed E-state index contributed by atoms with van der Waals surface area (Å²) >= 11 is 1.48. The van der Waals surface area contributed by atoms with Crippen molar-refractivity contribution in [2.75, 3.05) is 0 Å². The standard InChI is InChI=1S/C22H17N3OS/c26-21(13-22-24-20(15-27-22)18-7-2-1-3-8-18)25-23-14-16-10-11-17-6-4-5-9-19(17)12-16/h1-12,14-15H,13H2,(H,25,26)/b23-14-. The number of thiazole rings is 1. The Balaban J connectivity index is 1.36. The van der Waals surface area contributed by atoms with E-state index >= 15 is 0 Å². The van der Waals surface area contributed by atoms with Gasteiger partial charge in [0.2, 0.25) is 5.91 Å². The number of hydrogen-bond acceptors (Lipinski definition) is 4. The highest BCUT2D eigenvalue weighted by Gasteiger charge is 2.08. The molecule has 4 aromatic rings. The summed E-state index contributed by atoms with van der Waals surface area (Å²) < 4.78 is 0. The number of carbonyl (C=O) groups is 1. The van der Waals surface area contributed by atoms with Gasteiger partial charge in [-0.25, -0.2) is 10.4 Å². The summed E-state index contributed by atoms with van der Waals surface area (Å²) in [6.07, 6.45) is 1.87. The van der Waals surface area contributed by atoms with Gasteiger partial charge in [0, 0.05) is 10.9 Å². The summed E-state index contributed by atoms with van der Waals surface area (Å²) in [5.41, 5.74) is 5.46. The zero-order chi connectivity index (χ0) is 18.5. The Labute approximate surface area is 161 Å². The van der Waals surface area contributed by atoms with Crippen molar-refractivity contribution >= 4 is 34.2 Å². The van der Waals surface area contributed by atoms with E-state index in [1.807, 2.05) is 66.0 Å². The van der Waals surface area contributed by atoms with Crippen LogP contribution in [0, 0.1) is 0 Å². The first kappa shape index (κ1) is 17.1. The molecule has 132 valence electrons. The van der Waals surface area contributed by atoms with Crippen LogP contribution in [0.3, 0.4) is 0 Å². The second-order valence-corrected chi connectivity index (χ2v) is 7.01. The number of fused-ring (bicyclic) bond motifs is 1. The first-order valence-electron chi connectivity index (χ1n) is 8.58. The van der Waals surface area contributed by atoms with Gasteiger partial charge in [-0.3, -0.25) is 4.79 Å². The Kier molecular flexibility index (Phi) is 5.03. The number of benzene rings is 3. The molecule has 1 aromatic heterocycles. The number of aromatic nitrogens is 1. The van der Waals surface area contributed by atoms with Crippen LogP contribution in [0.25, 0.3) is 22.0 Å². The van der Waals surface area contributed by atoms with Crippen molar-refractivity contribution in [1.29, 1.82) is 0 Å². The van der Waals surface area contributed by atoms with Crippen LogP contribution in [-0.4, -0.2) is 17.1 Å². The fraction of sp³-hybridized carbons (Fsp3) is 0.0455. The molecule has 0 aliphatic heterocycles. The Bertz CT molecular complexity index is 1100. The zero-order valence-electron chi connectivity index (χ0n) is 14.5. The number of rotatable bonds is 5. The molecule has 1 heterocycles. The third-order valence-corrected chi connectivity index (χ3v) is 4.96. The molecule has 27 heavy (non-hydrogen) atoms. The predicted molar refractivity (Wildman–Crippen MR) is 111 cm³/mol. The summed E-state index contributed by atoms with van der Waals surface area (Å²) in [6.45, 7) is 0. The van der Waals surface area contributed by atoms with E-state index in [9.17, 15) is 4.79 Å². The number of hydrogen-bond donors (Lipinski definition) is 1. The Hall–Kier alpha value is -3.31. The molecule has 0 atom stereocenters. The van der Waals surface area contributed by atoms with E-state index in [1.165, 1.54) is 16.7 Å². The summed E-state index contributed by atoms with van der Waals surface area (Å²) in [4.78, 5) is 16.6. The number of nitrogens with zero attached hydrogens (tertiary/aromatic N) is 2. The van der Waals surface area contributed by atoms with Crippen molar-refractivity contribution in [1.82, 2.24) is 10.4 Å². The minimum Gasteiger partial charge on any atom is -0.273 e. The van der Waals surface area contributed by atoms with Gasteiger partial charge in [-0.1, -0.05) is 66.7 Å². The van der Waals surface area contributed by atoms with Crippen molar-refractivity contribution in [3.63, 3.8) is 0 Å². The summed E-state index contributed by atoms with van der Waals surface area (Å²) in [7, 11) is 0. The van der Waals surface area contributed by atoms with Gasteiger partial charge >= 0.3 is 0 Å². The average molecular weight is 371 g/mol. The topological polar surface area (TPSA) is 54.4 Å². The van der Waals surface area contributed by atoms with E-state index in [1.54, 1.807) is 6.21 Å². The van der Waals surface area contributed by atoms with Gasteiger partial charge in [0.05, 0.1) is 18.3 Å². The van der Waals surface area contributed by atoms with Gasteiger partial charge in [0.15, 0.2) is 0 Å². The second-order valence-electron chi connectivity index (χ2n) is 6.07. The highest BCUT2D eigenvalue weighted by atomic mass is 32.1. The van der Waals surface area contributed by atoms with E-state index < -0.39 is 0 Å². The van der Waals surface area contributed by atoms with Crippen LogP contribution >= 0.6 is 11.3 Å². The van der Waals surface area contributed by atoms with E-state index in [4.69, 9.17) is 0 Å². The number of amides is 1. The smallest absolute Gasteiger partial charge is 0.246 e. The molecule has 0 aliphatic rings. The molecule has 3 aromatic carbocycles. The first-order valence-corrected chi connectivity index (χ1v) is 9.46. The lowest BCUT2D eigenvalue weighted by atomic mass is 10.1. The average Bonchev–Trinajstić information content (AvgIpc) is 3.17. The largest absolute Gasteiger partial charge is 0.273 e. The minimum atomic E-state index is -0.180. The van der Waals surface area contributed by atoms with Crippen LogP contribution in [0.2, 0.25) is 0 Å². The van der Waals surface area contributed by atoms with Gasteiger partial charge in [-0.15, -0.1) is 11.3 Å². The molecule has 0 radical (unpaired) electrons. The zero-order valence-corrected chi connectivity index (χ0v) is 15.3. The van der Waals surface area contributed by atoms with Gasteiger partial charge in [0.1, 0.15) is 5.01 Å². The fourth-order valence-electron chi connectivity index (χ4n) is 2.78. The first-order chi connectivity index (χ1) is 13.3. The molecule has 4 rings (SSSR count). The number of hydrazone groups is 1. The van der Waals surface area contributed by atoms with E-state index in [2.05, 4.69) is 27.6 Å². The molecule has 1 N–H and O–H groups in total. The van der Waals surface area contributed by atoms with E-state index in [0.717, 1.165) is 27.2 Å². The van der Waals surface area contributed by atoms with Gasteiger partial charge in [-0.05, 0) is 22.4 Å². The maximum atomic E-state index is 12.1. The number of nitrogens with one attached hydrogen (secondary N) is 1. The molecule has 0 spiro atoms. The molecule has 0 unspecified atom stereocenters. The third kappa shape index (κ3) is 4.27. The maximum absolute atomic E-state index is 12.1. The molecule has 5 heteroatoms. The van der Waals surface area contributed by atoms with Crippen molar-refractivity contribution < 1.29 is 4.79 Å². The third-order valence-electron chi connectivity index (χ3n) is 4.11. The van der Waals surface area contributed by atoms with E-state index in [-0.39, 0.29) is 12.3 Å². The van der Waals surface area contributed by atoms with Gasteiger partial charge < -0.3 is 0 Å². The lowest BCUT2D eigenvalue weighted by molar-refractivity contribution is -0.120. The molecule has 0 aliphatic carbocycles. The van der Waals surface area contributed by atoms with Gasteiger partial charge in [0.25, 0.3) is 0 Å². The normalized spacial score (nSPS) is 11.1. The number of carbonyl (C=O) groups excluding carboxylic acids is 1. The molecule has 0 saturated heterocycles. The minimum absolute atomic E-state index is 0.180. The van der Waals surface area contributed by atoms with Crippen molar-refractivity contribution in [3.05, 3.63) is 88.7 Å². The molecule has 1 amide bonds. The lowest BCUT2D eigenvalue weighted by Gasteiger charge is -2.00. The second kappa shape index (κ2) is 7.93. The Morgan fingerprint density at radius 3 is 2.63 bits per heavy atom. The van der Waals surface area contributed by atoms with Crippen LogP contribution in [0.4, 0.5) is 0 Å². The van der Waals surface area contributed by atoms with Crippen LogP contribution in [-0.2, 0) is 11.2 Å². The van der Waals surface area contributed by atoms with Crippen LogP contribution in [0.15, 0.2) is 83.3 Å². The van der Waals surface area contributed by atoms with Crippen LogP contribution in [0.1, 0.15) is 10.6 Å². The highest BCUT2D eigenvalue weighted by Crippen LogP contribution is 2.21. The Morgan fingerprint density at radius 2 is 1.78 bits per heavy atom. The lowest BCUT2D eigenvalue weighted by Crippen LogP contribution is -2.19. The van der Waals surface area contributed by atoms with Crippen LogP contribution < -0.4 is 5.43 Å². The Morgan fingerprint density at radius 1 is 1.00 bits per heavy atom. The summed E-state index contributed by atoms with van der Waals surface area (Å²) in [5.74, 6) is -0.180. The summed E-state index contributed by atoms with van der Waals surface area (Å²) in [5, 5.41) is 9.12. The quantitative estimate of drug-likeness (QED) is 0.410. The highest BCUT2D eigenvalue weighted by molar-refractivity contribution is 7.10. The molecule has 0 fully saturated rings. The maximum Gasteiger partial charge on any atom is 0.246 e. The molecule has 0 bridgehead atoms.